The number of unbranched alkanes of at least 4 members (excludes halogenated alkanes) is 5. The van der Waals surface area contributed by atoms with Crippen molar-refractivity contribution >= 4 is 5.97 Å². The molecule has 0 unspecified atom stereocenters. The van der Waals surface area contributed by atoms with Crippen molar-refractivity contribution in [3.63, 3.8) is 0 Å². The summed E-state index contributed by atoms with van der Waals surface area (Å²) in [4.78, 5) is 12.2. The normalized spacial score (nSPS) is 10.8. The molecular weight excluding hydrogens is 360 g/mol. The fourth-order valence-corrected chi connectivity index (χ4v) is 3.39. The van der Waals surface area contributed by atoms with Crippen LogP contribution >= 0.6 is 0 Å². The molecule has 29 heavy (non-hydrogen) atoms. The van der Waals surface area contributed by atoms with E-state index in [-0.39, 0.29) is 12.6 Å². The molecule has 0 saturated heterocycles. The minimum absolute atomic E-state index is 0.146. The lowest BCUT2D eigenvalue weighted by atomic mass is 10.00. The molecule has 0 bridgehead atoms. The average Bonchev–Trinajstić information content (AvgIpc) is 3.29. The van der Waals surface area contributed by atoms with Crippen LogP contribution in [-0.4, -0.2) is 5.97 Å². The number of hydrogen-bond donors (Lipinski definition) is 0. The smallest absolute Gasteiger partial charge is 0.338 e. The second kappa shape index (κ2) is 11.3. The molecule has 0 aliphatic rings. The molecule has 3 nitrogen and oxygen atoms in total. The van der Waals surface area contributed by atoms with Crippen molar-refractivity contribution in [1.29, 1.82) is 0 Å². The first kappa shape index (κ1) is 20.9. The van der Waals surface area contributed by atoms with Crippen LogP contribution in [0.1, 0.15) is 67.1 Å². The molecule has 0 radical (unpaired) electrons. The summed E-state index contributed by atoms with van der Waals surface area (Å²) in [7, 11) is 0. The Hall–Kier alpha value is -2.81. The Labute approximate surface area is 173 Å². The van der Waals surface area contributed by atoms with E-state index in [9.17, 15) is 4.79 Å². The van der Waals surface area contributed by atoms with Crippen LogP contribution in [0.4, 0.5) is 0 Å². The van der Waals surface area contributed by atoms with Gasteiger partial charge in [-0.3, -0.25) is 0 Å². The second-order valence-electron chi connectivity index (χ2n) is 7.45. The number of esters is 1. The van der Waals surface area contributed by atoms with Crippen LogP contribution < -0.4 is 0 Å². The van der Waals surface area contributed by atoms with Gasteiger partial charge in [-0.05, 0) is 53.8 Å². The first-order valence-corrected chi connectivity index (χ1v) is 10.6. The molecule has 0 spiro atoms. The topological polar surface area (TPSA) is 39.4 Å². The van der Waals surface area contributed by atoms with Crippen molar-refractivity contribution in [3.05, 3.63) is 83.8 Å². The molecule has 3 heteroatoms. The zero-order valence-corrected chi connectivity index (χ0v) is 17.2. The minimum atomic E-state index is -0.345. The van der Waals surface area contributed by atoms with Crippen LogP contribution in [0, 0.1) is 0 Å². The van der Waals surface area contributed by atoms with Gasteiger partial charge >= 0.3 is 5.97 Å². The lowest BCUT2D eigenvalue weighted by Gasteiger charge is -2.07. The van der Waals surface area contributed by atoms with Gasteiger partial charge in [0.05, 0.1) is 11.8 Å². The minimum Gasteiger partial charge on any atom is -0.466 e. The maximum Gasteiger partial charge on any atom is 0.338 e. The van der Waals surface area contributed by atoms with Gasteiger partial charge in [0.15, 0.2) is 0 Å². The number of benzene rings is 2. The fraction of sp³-hybridized carbons (Fsp3) is 0.346. The van der Waals surface area contributed by atoms with Gasteiger partial charge in [-0.15, -0.1) is 0 Å². The van der Waals surface area contributed by atoms with Crippen LogP contribution in [0.15, 0.2) is 71.3 Å². The van der Waals surface area contributed by atoms with Crippen LogP contribution in [0.5, 0.6) is 0 Å². The number of rotatable bonds is 11. The quantitative estimate of drug-likeness (QED) is 0.256. The van der Waals surface area contributed by atoms with Crippen LogP contribution in [-0.2, 0) is 17.8 Å². The number of carbonyl (C=O) groups excluding carboxylic acids is 1. The maximum absolute atomic E-state index is 12.2. The third-order valence-corrected chi connectivity index (χ3v) is 5.15. The number of aryl methyl sites for hydroxylation is 1. The highest BCUT2D eigenvalue weighted by atomic mass is 16.5. The number of ether oxygens (including phenoxy) is 1. The molecule has 0 atom stereocenters. The van der Waals surface area contributed by atoms with Crippen molar-refractivity contribution in [3.8, 4) is 11.1 Å². The molecule has 3 rings (SSSR count). The lowest BCUT2D eigenvalue weighted by Crippen LogP contribution is -2.04. The molecule has 3 aromatic rings. The highest BCUT2D eigenvalue weighted by molar-refractivity contribution is 5.90. The fourth-order valence-electron chi connectivity index (χ4n) is 3.39. The Morgan fingerprint density at radius 3 is 2.14 bits per heavy atom. The van der Waals surface area contributed by atoms with Gasteiger partial charge in [-0.25, -0.2) is 4.79 Å². The van der Waals surface area contributed by atoms with Crippen molar-refractivity contribution in [2.24, 2.45) is 0 Å². The zero-order valence-electron chi connectivity index (χ0n) is 17.2. The van der Waals surface area contributed by atoms with E-state index in [1.165, 1.54) is 44.1 Å². The van der Waals surface area contributed by atoms with E-state index >= 15 is 0 Å². The van der Waals surface area contributed by atoms with E-state index in [2.05, 4.69) is 31.2 Å². The van der Waals surface area contributed by atoms with E-state index in [1.807, 2.05) is 24.3 Å². The highest BCUT2D eigenvalue weighted by Crippen LogP contribution is 2.22. The summed E-state index contributed by atoms with van der Waals surface area (Å²) >= 11 is 0. The second-order valence-corrected chi connectivity index (χ2v) is 7.45. The summed E-state index contributed by atoms with van der Waals surface area (Å²) in [6.07, 6.45) is 10.7. The summed E-state index contributed by atoms with van der Waals surface area (Å²) in [5.41, 5.74) is 4.19. The van der Waals surface area contributed by atoms with E-state index in [1.54, 1.807) is 18.4 Å². The van der Waals surface area contributed by atoms with Gasteiger partial charge in [-0.1, -0.05) is 75.4 Å². The third-order valence-electron chi connectivity index (χ3n) is 5.15. The molecule has 0 N–H and O–H groups in total. The maximum atomic E-state index is 12.2. The van der Waals surface area contributed by atoms with Gasteiger partial charge in [0.25, 0.3) is 0 Å². The molecule has 0 aliphatic heterocycles. The van der Waals surface area contributed by atoms with Gasteiger partial charge in [-0.2, -0.15) is 0 Å². The Morgan fingerprint density at radius 2 is 1.48 bits per heavy atom. The van der Waals surface area contributed by atoms with Gasteiger partial charge < -0.3 is 9.15 Å². The SMILES string of the molecule is CCCCCCCCc1ccc(-c2ccc(C(=O)OCc3ccco3)cc2)cc1. The Bertz CT molecular complexity index is 846. The molecule has 1 aromatic heterocycles. The molecule has 1 heterocycles. The van der Waals surface area contributed by atoms with Crippen LogP contribution in [0.2, 0.25) is 0 Å². The summed E-state index contributed by atoms with van der Waals surface area (Å²) in [6.45, 7) is 2.40. The summed E-state index contributed by atoms with van der Waals surface area (Å²) in [6, 6.07) is 19.9. The Kier molecular flexibility index (Phi) is 8.12. The molecule has 2 aromatic carbocycles. The molecule has 0 aliphatic carbocycles. The van der Waals surface area contributed by atoms with Crippen molar-refractivity contribution in [2.45, 2.75) is 58.5 Å². The number of furan rings is 1. The van der Waals surface area contributed by atoms with Crippen molar-refractivity contribution in [2.75, 3.05) is 0 Å². The lowest BCUT2D eigenvalue weighted by molar-refractivity contribution is 0.0445. The molecule has 0 saturated carbocycles. The monoisotopic (exact) mass is 390 g/mol. The van der Waals surface area contributed by atoms with E-state index in [0.29, 0.717) is 11.3 Å². The van der Waals surface area contributed by atoms with Gasteiger partial charge in [0.2, 0.25) is 0 Å². The Balaban J connectivity index is 1.48. The van der Waals surface area contributed by atoms with E-state index < -0.39 is 0 Å². The zero-order chi connectivity index (χ0) is 20.3. The Morgan fingerprint density at radius 1 is 0.828 bits per heavy atom. The summed E-state index contributed by atoms with van der Waals surface area (Å²) in [5.74, 6) is 0.290. The number of hydrogen-bond acceptors (Lipinski definition) is 3. The van der Waals surface area contributed by atoms with Gasteiger partial charge in [0, 0.05) is 0 Å². The summed E-state index contributed by atoms with van der Waals surface area (Å²) in [5, 5.41) is 0. The van der Waals surface area contributed by atoms with Gasteiger partial charge in [0.1, 0.15) is 12.4 Å². The van der Waals surface area contributed by atoms with Crippen LogP contribution in [0.25, 0.3) is 11.1 Å². The third kappa shape index (κ3) is 6.63. The van der Waals surface area contributed by atoms with Crippen molar-refractivity contribution < 1.29 is 13.9 Å². The summed E-state index contributed by atoms with van der Waals surface area (Å²) < 4.78 is 10.4. The molecule has 0 fully saturated rings. The predicted molar refractivity (Wildman–Crippen MR) is 117 cm³/mol. The van der Waals surface area contributed by atoms with Crippen LogP contribution in [0.3, 0.4) is 0 Å². The van der Waals surface area contributed by atoms with E-state index in [4.69, 9.17) is 9.15 Å². The standard InChI is InChI=1S/C26H30O3/c1-2-3-4-5-6-7-9-21-11-13-22(14-12-21)23-15-17-24(18-16-23)26(27)29-20-25-10-8-19-28-25/h8,10-19H,2-7,9,20H2,1H3. The molecule has 0 amide bonds. The van der Waals surface area contributed by atoms with Crippen molar-refractivity contribution in [1.82, 2.24) is 0 Å². The largest absolute Gasteiger partial charge is 0.466 e. The van der Waals surface area contributed by atoms with E-state index in [0.717, 1.165) is 17.5 Å². The predicted octanol–water partition coefficient (Wildman–Crippen LogP) is 7.21. The number of carbonyl (C=O) groups is 1. The average molecular weight is 391 g/mol. The first-order valence-electron chi connectivity index (χ1n) is 10.6. The first-order chi connectivity index (χ1) is 14.3. The molecule has 152 valence electrons. The highest BCUT2D eigenvalue weighted by Gasteiger charge is 2.09. The molecular formula is C26H30O3.